The normalized spacial score (nSPS) is 12.0. The van der Waals surface area contributed by atoms with Crippen LogP contribution in [0.15, 0.2) is 40.9 Å². The summed E-state index contributed by atoms with van der Waals surface area (Å²) < 4.78 is 25.4. The van der Waals surface area contributed by atoms with Gasteiger partial charge in [-0.05, 0) is 46.6 Å². The number of ether oxygens (including phenoxy) is 2. The van der Waals surface area contributed by atoms with Crippen LogP contribution < -0.4 is 15.2 Å². The molecule has 0 amide bonds. The summed E-state index contributed by atoms with van der Waals surface area (Å²) in [6, 6.07) is 10.1. The van der Waals surface area contributed by atoms with Gasteiger partial charge in [-0.3, -0.25) is 0 Å². The number of hydrogen-bond donors (Lipinski definition) is 1. The SMILES string of the molecule is COc1ccc(COc2ccc(C(C)N)c(F)c2)cc1Br. The van der Waals surface area contributed by atoms with Crippen molar-refractivity contribution in [2.75, 3.05) is 7.11 Å². The Kier molecular flexibility index (Phi) is 5.20. The van der Waals surface area contributed by atoms with Crippen LogP contribution in [0.4, 0.5) is 4.39 Å². The topological polar surface area (TPSA) is 44.5 Å². The highest BCUT2D eigenvalue weighted by atomic mass is 79.9. The van der Waals surface area contributed by atoms with Crippen molar-refractivity contribution >= 4 is 15.9 Å². The molecule has 2 N–H and O–H groups in total. The molecule has 0 aromatic heterocycles. The van der Waals surface area contributed by atoms with Crippen molar-refractivity contribution in [2.45, 2.75) is 19.6 Å². The van der Waals surface area contributed by atoms with Gasteiger partial charge in [-0.15, -0.1) is 0 Å². The molecule has 0 fully saturated rings. The smallest absolute Gasteiger partial charge is 0.133 e. The molecule has 3 nitrogen and oxygen atoms in total. The predicted octanol–water partition coefficient (Wildman–Crippen LogP) is 4.20. The van der Waals surface area contributed by atoms with Gasteiger partial charge in [0.2, 0.25) is 0 Å². The first kappa shape index (κ1) is 15.8. The third kappa shape index (κ3) is 3.95. The number of methoxy groups -OCH3 is 1. The Morgan fingerprint density at radius 3 is 2.57 bits per heavy atom. The van der Waals surface area contributed by atoms with Crippen LogP contribution in [0, 0.1) is 5.82 Å². The molecule has 2 aromatic rings. The van der Waals surface area contributed by atoms with Gasteiger partial charge in [0, 0.05) is 17.7 Å². The zero-order valence-electron chi connectivity index (χ0n) is 11.9. The largest absolute Gasteiger partial charge is 0.496 e. The lowest BCUT2D eigenvalue weighted by Gasteiger charge is -2.11. The third-order valence-corrected chi connectivity index (χ3v) is 3.70. The van der Waals surface area contributed by atoms with Crippen molar-refractivity contribution < 1.29 is 13.9 Å². The molecule has 5 heteroatoms. The highest BCUT2D eigenvalue weighted by Crippen LogP contribution is 2.26. The summed E-state index contributed by atoms with van der Waals surface area (Å²) >= 11 is 3.42. The lowest BCUT2D eigenvalue weighted by molar-refractivity contribution is 0.304. The summed E-state index contributed by atoms with van der Waals surface area (Å²) in [5.41, 5.74) is 7.11. The van der Waals surface area contributed by atoms with E-state index in [0.29, 0.717) is 17.9 Å². The molecule has 112 valence electrons. The Balaban J connectivity index is 2.06. The highest BCUT2D eigenvalue weighted by molar-refractivity contribution is 9.10. The zero-order chi connectivity index (χ0) is 15.4. The monoisotopic (exact) mass is 353 g/mol. The maximum absolute atomic E-state index is 13.8. The van der Waals surface area contributed by atoms with E-state index < -0.39 is 0 Å². The first-order valence-corrected chi connectivity index (χ1v) is 7.31. The molecular formula is C16H17BrFNO2. The lowest BCUT2D eigenvalue weighted by atomic mass is 10.1. The van der Waals surface area contributed by atoms with Crippen LogP contribution in [0.3, 0.4) is 0 Å². The van der Waals surface area contributed by atoms with E-state index in [2.05, 4.69) is 15.9 Å². The molecule has 0 radical (unpaired) electrons. The number of halogens is 2. The Labute approximate surface area is 132 Å². The molecule has 2 aromatic carbocycles. The average Bonchev–Trinajstić information content (AvgIpc) is 2.45. The molecule has 0 spiro atoms. The van der Waals surface area contributed by atoms with Crippen LogP contribution >= 0.6 is 15.9 Å². The van der Waals surface area contributed by atoms with E-state index in [1.54, 1.807) is 26.2 Å². The standard InChI is InChI=1S/C16H17BrFNO2/c1-10(19)13-5-4-12(8-15(13)18)21-9-11-3-6-16(20-2)14(17)7-11/h3-8,10H,9,19H2,1-2H3. The molecule has 21 heavy (non-hydrogen) atoms. The minimum Gasteiger partial charge on any atom is -0.496 e. The minimum absolute atomic E-state index is 0.336. The van der Waals surface area contributed by atoms with Gasteiger partial charge in [0.05, 0.1) is 11.6 Å². The molecule has 0 saturated heterocycles. The van der Waals surface area contributed by atoms with E-state index in [9.17, 15) is 4.39 Å². The van der Waals surface area contributed by atoms with Crippen LogP contribution in [-0.4, -0.2) is 7.11 Å². The molecule has 0 bridgehead atoms. The quantitative estimate of drug-likeness (QED) is 0.876. The van der Waals surface area contributed by atoms with E-state index in [0.717, 1.165) is 15.8 Å². The van der Waals surface area contributed by atoms with Crippen LogP contribution in [0.25, 0.3) is 0 Å². The Bertz CT molecular complexity index is 632. The van der Waals surface area contributed by atoms with E-state index in [1.807, 2.05) is 18.2 Å². The fourth-order valence-electron chi connectivity index (χ4n) is 1.93. The second-order valence-electron chi connectivity index (χ2n) is 4.73. The van der Waals surface area contributed by atoms with Gasteiger partial charge >= 0.3 is 0 Å². The molecule has 0 aliphatic heterocycles. The van der Waals surface area contributed by atoms with Crippen molar-refractivity contribution in [3.05, 3.63) is 57.8 Å². The Hall–Kier alpha value is -1.59. The predicted molar refractivity (Wildman–Crippen MR) is 84.0 cm³/mol. The first-order chi connectivity index (χ1) is 10.0. The van der Waals surface area contributed by atoms with E-state index in [1.165, 1.54) is 6.07 Å². The lowest BCUT2D eigenvalue weighted by Crippen LogP contribution is -2.07. The van der Waals surface area contributed by atoms with Crippen LogP contribution in [0.1, 0.15) is 24.1 Å². The summed E-state index contributed by atoms with van der Waals surface area (Å²) in [5.74, 6) is 0.883. The van der Waals surface area contributed by atoms with Crippen LogP contribution in [-0.2, 0) is 6.61 Å². The Morgan fingerprint density at radius 1 is 1.24 bits per heavy atom. The Morgan fingerprint density at radius 2 is 2.00 bits per heavy atom. The second kappa shape index (κ2) is 6.91. The molecule has 1 atom stereocenters. The zero-order valence-corrected chi connectivity index (χ0v) is 13.5. The summed E-state index contributed by atoms with van der Waals surface area (Å²) in [5, 5.41) is 0. The summed E-state index contributed by atoms with van der Waals surface area (Å²) in [7, 11) is 1.61. The van der Waals surface area contributed by atoms with E-state index in [-0.39, 0.29) is 11.9 Å². The van der Waals surface area contributed by atoms with Gasteiger partial charge in [-0.25, -0.2) is 4.39 Å². The van der Waals surface area contributed by atoms with Crippen molar-refractivity contribution in [1.29, 1.82) is 0 Å². The fraction of sp³-hybridized carbons (Fsp3) is 0.250. The number of hydrogen-bond acceptors (Lipinski definition) is 3. The third-order valence-electron chi connectivity index (χ3n) is 3.08. The molecule has 0 aliphatic carbocycles. The number of rotatable bonds is 5. The fourth-order valence-corrected chi connectivity index (χ4v) is 2.52. The molecule has 1 unspecified atom stereocenters. The maximum Gasteiger partial charge on any atom is 0.133 e. The van der Waals surface area contributed by atoms with Gasteiger partial charge in [-0.1, -0.05) is 12.1 Å². The summed E-state index contributed by atoms with van der Waals surface area (Å²) in [6.45, 7) is 2.09. The summed E-state index contributed by atoms with van der Waals surface area (Å²) in [6.07, 6.45) is 0. The van der Waals surface area contributed by atoms with Crippen molar-refractivity contribution in [2.24, 2.45) is 5.73 Å². The minimum atomic E-state index is -0.349. The molecule has 2 rings (SSSR count). The van der Waals surface area contributed by atoms with Crippen molar-refractivity contribution in [3.8, 4) is 11.5 Å². The average molecular weight is 354 g/mol. The number of benzene rings is 2. The van der Waals surface area contributed by atoms with Crippen LogP contribution in [0.5, 0.6) is 11.5 Å². The number of nitrogens with two attached hydrogens (primary N) is 1. The van der Waals surface area contributed by atoms with Gasteiger partial charge < -0.3 is 15.2 Å². The first-order valence-electron chi connectivity index (χ1n) is 6.51. The van der Waals surface area contributed by atoms with Gasteiger partial charge in [0.15, 0.2) is 0 Å². The summed E-state index contributed by atoms with van der Waals surface area (Å²) in [4.78, 5) is 0. The van der Waals surface area contributed by atoms with E-state index >= 15 is 0 Å². The van der Waals surface area contributed by atoms with E-state index in [4.69, 9.17) is 15.2 Å². The molecular weight excluding hydrogens is 337 g/mol. The van der Waals surface area contributed by atoms with Gasteiger partial charge in [0.25, 0.3) is 0 Å². The highest BCUT2D eigenvalue weighted by Gasteiger charge is 2.08. The van der Waals surface area contributed by atoms with Crippen molar-refractivity contribution in [1.82, 2.24) is 0 Å². The van der Waals surface area contributed by atoms with Crippen LogP contribution in [0.2, 0.25) is 0 Å². The van der Waals surface area contributed by atoms with Gasteiger partial charge in [-0.2, -0.15) is 0 Å². The molecule has 0 heterocycles. The van der Waals surface area contributed by atoms with Crippen molar-refractivity contribution in [3.63, 3.8) is 0 Å². The second-order valence-corrected chi connectivity index (χ2v) is 5.58. The molecule has 0 saturated carbocycles. The van der Waals surface area contributed by atoms with Gasteiger partial charge in [0.1, 0.15) is 23.9 Å². The molecule has 0 aliphatic rings. The maximum atomic E-state index is 13.8.